The molecule has 0 amide bonds. The van der Waals surface area contributed by atoms with E-state index in [-0.39, 0.29) is 31.3 Å². The van der Waals surface area contributed by atoms with Crippen molar-refractivity contribution in [3.63, 3.8) is 0 Å². The molecule has 2 heterocycles. The molecule has 0 aliphatic rings. The molecule has 2 aromatic rings. The third-order valence-corrected chi connectivity index (χ3v) is 11.3. The molecule has 0 unspecified atom stereocenters. The molecule has 0 fully saturated rings. The maximum atomic E-state index is 12.6. The molecule has 2 rings (SSSR count). The molecule has 0 aromatic carbocycles. The summed E-state index contributed by atoms with van der Waals surface area (Å²) >= 11 is 0. The maximum absolute atomic E-state index is 12.6. The molecule has 0 bridgehead atoms. The summed E-state index contributed by atoms with van der Waals surface area (Å²) in [6.07, 6.45) is 3.75. The zero-order chi connectivity index (χ0) is 43.2. The summed E-state index contributed by atoms with van der Waals surface area (Å²) in [4.78, 5) is 34.2. The van der Waals surface area contributed by atoms with Gasteiger partial charge >= 0.3 is 38.5 Å². The third-order valence-electron chi connectivity index (χ3n) is 6.10. The second-order valence-electron chi connectivity index (χ2n) is 21.6. The number of pyridine rings is 2. The van der Waals surface area contributed by atoms with Gasteiger partial charge in [-0.2, -0.15) is 0 Å². The number of hydrogen-bond donors (Lipinski definition) is 0. The van der Waals surface area contributed by atoms with Crippen LogP contribution >= 0.6 is 0 Å². The Morgan fingerprint density at radius 2 is 0.564 bits per heavy atom. The standard InChI is InChI=1S/C18H24N2.2C12H27O4Si.Pd/c1-17(2,3)13-7-9-19-15(11-13)16-12-14(8-10-20-16)18(4,5)6;2*1-10(2,3)14-17(13,15-11(4,5)6)16-12(7,8)9;/h7-12H,1-6H3;2*1-9H3;/q;2*-1;+2. The average Bonchev–Trinajstić information content (AvgIpc) is 2.81. The smallest absolute Gasteiger partial charge is 0.793 e. The van der Waals surface area contributed by atoms with Crippen molar-refractivity contribution in [1.82, 2.24) is 9.97 Å². The van der Waals surface area contributed by atoms with Gasteiger partial charge in [0, 0.05) is 12.4 Å². The van der Waals surface area contributed by atoms with Crippen LogP contribution in [-0.4, -0.2) is 61.7 Å². The van der Waals surface area contributed by atoms with E-state index >= 15 is 0 Å². The zero-order valence-electron chi connectivity index (χ0n) is 38.9. The molecular formula is C42H78N2O8PdSi2. The number of rotatable bonds is 7. The van der Waals surface area contributed by atoms with Gasteiger partial charge in [0.25, 0.3) is 0 Å². The van der Waals surface area contributed by atoms with E-state index in [4.69, 9.17) is 26.6 Å². The molecule has 2 aromatic heterocycles. The van der Waals surface area contributed by atoms with Gasteiger partial charge in [0.05, 0.1) is 45.0 Å². The van der Waals surface area contributed by atoms with Crippen LogP contribution < -0.4 is 9.59 Å². The second-order valence-corrected chi connectivity index (χ2v) is 24.9. The van der Waals surface area contributed by atoms with Crippen molar-refractivity contribution in [2.24, 2.45) is 0 Å². The van der Waals surface area contributed by atoms with Crippen LogP contribution in [0.1, 0.15) is 177 Å². The van der Waals surface area contributed by atoms with Crippen LogP contribution in [0.15, 0.2) is 36.7 Å². The summed E-state index contributed by atoms with van der Waals surface area (Å²) in [6, 6.07) is 8.46. The predicted octanol–water partition coefficient (Wildman–Crippen LogP) is 9.19. The molecule has 0 N–H and O–H groups in total. The van der Waals surface area contributed by atoms with E-state index in [2.05, 4.69) is 75.8 Å². The van der Waals surface area contributed by atoms with Crippen molar-refractivity contribution in [3.05, 3.63) is 47.8 Å². The minimum atomic E-state index is -3.91. The fraction of sp³-hybridized carbons (Fsp3) is 0.762. The van der Waals surface area contributed by atoms with E-state index in [1.807, 2.05) is 137 Å². The van der Waals surface area contributed by atoms with Crippen molar-refractivity contribution in [1.29, 1.82) is 0 Å². The Morgan fingerprint density at radius 3 is 0.709 bits per heavy atom. The summed E-state index contributed by atoms with van der Waals surface area (Å²) in [7, 11) is -7.81. The first kappa shape index (κ1) is 56.2. The summed E-state index contributed by atoms with van der Waals surface area (Å²) in [5.41, 5.74) is 1.24. The van der Waals surface area contributed by atoms with Gasteiger partial charge in [0.15, 0.2) is 0 Å². The van der Waals surface area contributed by atoms with Crippen LogP contribution in [0, 0.1) is 0 Å². The van der Waals surface area contributed by atoms with Gasteiger partial charge < -0.3 is 36.1 Å². The molecular weight excluding hydrogens is 823 g/mol. The molecule has 10 nitrogen and oxygen atoms in total. The number of nitrogens with zero attached hydrogens (tertiary/aromatic N) is 2. The normalized spacial score (nSPS) is 13.9. The van der Waals surface area contributed by atoms with Gasteiger partial charge in [-0.3, -0.25) is 9.97 Å². The molecule has 0 spiro atoms. The van der Waals surface area contributed by atoms with E-state index in [0.717, 1.165) is 11.4 Å². The quantitative estimate of drug-likeness (QED) is 0.248. The van der Waals surface area contributed by atoms with Gasteiger partial charge in [-0.25, -0.2) is 0 Å². The summed E-state index contributed by atoms with van der Waals surface area (Å²) < 4.78 is 33.1. The largest absolute Gasteiger partial charge is 2.00 e. The first-order valence-electron chi connectivity index (χ1n) is 19.0. The van der Waals surface area contributed by atoms with E-state index in [1.165, 1.54) is 11.1 Å². The first-order chi connectivity index (χ1) is 23.4. The van der Waals surface area contributed by atoms with E-state index in [1.54, 1.807) is 0 Å². The Bertz CT molecular complexity index is 1240. The Kier molecular flexibility index (Phi) is 20.3. The molecule has 322 valence electrons. The van der Waals surface area contributed by atoms with E-state index in [9.17, 15) is 9.59 Å². The van der Waals surface area contributed by atoms with E-state index < -0.39 is 51.7 Å². The summed E-state index contributed by atoms with van der Waals surface area (Å²) in [6.45, 7) is 46.1. The number of aromatic nitrogens is 2. The molecule has 0 saturated heterocycles. The Hall–Kier alpha value is -0.924. The molecule has 13 heteroatoms. The van der Waals surface area contributed by atoms with Crippen molar-refractivity contribution in [2.45, 2.75) is 211 Å². The molecule has 0 radical (unpaired) electrons. The van der Waals surface area contributed by atoms with Crippen LogP contribution in [0.2, 0.25) is 0 Å². The average molecular weight is 902 g/mol. The van der Waals surface area contributed by atoms with Gasteiger partial charge in [-0.05, 0) is 171 Å². The minimum absolute atomic E-state index is 0. The van der Waals surface area contributed by atoms with Crippen LogP contribution in [0.4, 0.5) is 0 Å². The second kappa shape index (κ2) is 19.9. The SMILES string of the molecule is CC(C)(C)O[Si]([O-])(OC(C)(C)C)OC(C)(C)C.CC(C)(C)O[Si]([O-])(OC(C)(C)C)OC(C)(C)C.CC(C)(C)c1ccnc(-c2cc(C(C)(C)C)ccn2)c1.[Pd+2]. The topological polar surface area (TPSA) is 127 Å². The molecule has 0 aliphatic heterocycles. The maximum Gasteiger partial charge on any atom is 2.00 e. The van der Waals surface area contributed by atoms with Gasteiger partial charge in [-0.1, -0.05) is 41.5 Å². The van der Waals surface area contributed by atoms with E-state index in [0.29, 0.717) is 0 Å². The Balaban J connectivity index is 0. The van der Waals surface area contributed by atoms with Crippen molar-refractivity contribution < 1.29 is 56.6 Å². The monoisotopic (exact) mass is 900 g/mol. The van der Waals surface area contributed by atoms with Gasteiger partial charge in [0.2, 0.25) is 0 Å². The molecule has 0 saturated carbocycles. The summed E-state index contributed by atoms with van der Waals surface area (Å²) in [5.74, 6) is 0. The van der Waals surface area contributed by atoms with Crippen LogP contribution in [0.25, 0.3) is 11.4 Å². The Labute approximate surface area is 352 Å². The predicted molar refractivity (Wildman–Crippen MR) is 221 cm³/mol. The minimum Gasteiger partial charge on any atom is -0.793 e. The van der Waals surface area contributed by atoms with Gasteiger partial charge in [-0.15, -0.1) is 0 Å². The first-order valence-corrected chi connectivity index (χ1v) is 22.2. The van der Waals surface area contributed by atoms with Crippen LogP contribution in [0.3, 0.4) is 0 Å². The molecule has 0 atom stereocenters. The summed E-state index contributed by atoms with van der Waals surface area (Å²) in [5, 5.41) is 0. The number of hydrogen-bond acceptors (Lipinski definition) is 10. The Morgan fingerprint density at radius 1 is 0.382 bits per heavy atom. The van der Waals surface area contributed by atoms with Crippen LogP contribution in [0.5, 0.6) is 0 Å². The van der Waals surface area contributed by atoms with Crippen molar-refractivity contribution in [3.8, 4) is 11.4 Å². The molecule has 55 heavy (non-hydrogen) atoms. The zero-order valence-corrected chi connectivity index (χ0v) is 42.5. The fourth-order valence-corrected chi connectivity index (χ4v) is 9.20. The van der Waals surface area contributed by atoms with Crippen molar-refractivity contribution >= 4 is 18.1 Å². The van der Waals surface area contributed by atoms with Crippen molar-refractivity contribution in [2.75, 3.05) is 0 Å². The third kappa shape index (κ3) is 27.4. The fourth-order valence-electron chi connectivity index (χ4n) is 4.45. The van der Waals surface area contributed by atoms with Gasteiger partial charge in [0.1, 0.15) is 0 Å². The van der Waals surface area contributed by atoms with Crippen LogP contribution in [-0.2, 0) is 57.8 Å². The molecule has 0 aliphatic carbocycles.